The van der Waals surface area contributed by atoms with Crippen molar-refractivity contribution in [2.24, 2.45) is 0 Å². The molecule has 1 aromatic heterocycles. The predicted molar refractivity (Wildman–Crippen MR) is 266 cm³/mol. The van der Waals surface area contributed by atoms with Crippen LogP contribution in [0.1, 0.15) is 134 Å². The molecule has 5 heterocycles. The molecule has 16 nitrogen and oxygen atoms in total. The van der Waals surface area contributed by atoms with E-state index in [0.29, 0.717) is 48.1 Å². The number of hydrogen-bond donors (Lipinski definition) is 5. The molecule has 0 aliphatic carbocycles. The smallest absolute Gasteiger partial charge is 0.408 e. The number of aromatic amines is 1. The average Bonchev–Trinajstić information content (AvgIpc) is 4.13. The van der Waals surface area contributed by atoms with Crippen molar-refractivity contribution in [3.05, 3.63) is 89.6 Å². The monoisotopic (exact) mass is 949 g/mol. The number of nitrogens with zero attached hydrogens (tertiary/aromatic N) is 5. The highest BCUT2D eigenvalue weighted by Gasteiger charge is 2.38. The molecule has 8 rings (SSSR count). The van der Waals surface area contributed by atoms with Gasteiger partial charge in [0, 0.05) is 37.6 Å². The van der Waals surface area contributed by atoms with Gasteiger partial charge in [-0.15, -0.1) is 0 Å². The minimum atomic E-state index is -0.678. The zero-order valence-electron chi connectivity index (χ0n) is 41.0. The Morgan fingerprint density at radius 2 is 1.35 bits per heavy atom. The number of benzene rings is 3. The molecule has 4 fully saturated rings. The Kier molecular flexibility index (Phi) is 14.3. The van der Waals surface area contributed by atoms with Gasteiger partial charge in [-0.2, -0.15) is 0 Å². The molecule has 69 heavy (non-hydrogen) atoms. The molecule has 370 valence electrons. The summed E-state index contributed by atoms with van der Waals surface area (Å²) in [6, 6.07) is 17.0. The molecule has 4 aromatic rings. The van der Waals surface area contributed by atoms with Crippen LogP contribution >= 0.6 is 0 Å². The average molecular weight is 949 g/mol. The number of carbonyl (C=O) groups excluding carboxylic acids is 4. The van der Waals surface area contributed by atoms with E-state index in [4.69, 9.17) is 20.2 Å². The largest absolute Gasteiger partial charge is 0.444 e. The summed E-state index contributed by atoms with van der Waals surface area (Å²) in [5.41, 5.74) is 12.3. The first-order valence-electron chi connectivity index (χ1n) is 24.5. The number of nitrogens with one attached hydrogen (secondary N) is 4. The highest BCUT2D eigenvalue weighted by molar-refractivity contribution is 5.84. The van der Waals surface area contributed by atoms with Crippen molar-refractivity contribution in [2.75, 3.05) is 60.1 Å². The molecule has 3 aromatic carbocycles. The van der Waals surface area contributed by atoms with E-state index in [-0.39, 0.29) is 54.9 Å². The number of likely N-dealkylation sites (tertiary alicyclic amines) is 2. The number of aromatic nitrogens is 2. The topological polar surface area (TPSA) is 190 Å². The Hall–Kier alpha value is -6.52. The molecule has 17 heteroatoms. The van der Waals surface area contributed by atoms with Gasteiger partial charge < -0.3 is 55.7 Å². The third-order valence-corrected chi connectivity index (χ3v) is 13.4. The maximum absolute atomic E-state index is 16.3. The summed E-state index contributed by atoms with van der Waals surface area (Å²) in [7, 11) is 0. The van der Waals surface area contributed by atoms with Crippen molar-refractivity contribution in [1.82, 2.24) is 30.4 Å². The fraction of sp³-hybridized carbons (Fsp3) is 0.519. The summed E-state index contributed by atoms with van der Waals surface area (Å²) in [4.78, 5) is 67.7. The van der Waals surface area contributed by atoms with Crippen molar-refractivity contribution in [3.8, 4) is 0 Å². The number of ether oxygens (including phenoxy) is 2. The number of amides is 4. The van der Waals surface area contributed by atoms with Gasteiger partial charge in [-0.3, -0.25) is 9.59 Å². The lowest BCUT2D eigenvalue weighted by Gasteiger charge is -2.35. The van der Waals surface area contributed by atoms with Crippen molar-refractivity contribution < 1.29 is 33.0 Å². The summed E-state index contributed by atoms with van der Waals surface area (Å²) in [5, 5.41) is 8.56. The number of piperidine rings is 1. The number of fused-ring (bicyclic) bond motifs is 1. The van der Waals surface area contributed by atoms with Crippen LogP contribution in [0.15, 0.2) is 66.9 Å². The predicted octanol–water partition coefficient (Wildman–Crippen LogP) is 8.99. The fourth-order valence-corrected chi connectivity index (χ4v) is 10.3. The molecular formula is C52H69FN10O6. The summed E-state index contributed by atoms with van der Waals surface area (Å²) in [6.07, 6.45) is 6.56. The van der Waals surface area contributed by atoms with E-state index in [2.05, 4.69) is 49.4 Å². The second-order valence-corrected chi connectivity index (χ2v) is 20.8. The van der Waals surface area contributed by atoms with Gasteiger partial charge in [-0.05, 0) is 153 Å². The number of halogens is 1. The summed E-state index contributed by atoms with van der Waals surface area (Å²) >= 11 is 0. The van der Waals surface area contributed by atoms with E-state index in [9.17, 15) is 19.2 Å². The van der Waals surface area contributed by atoms with E-state index < -0.39 is 23.4 Å². The summed E-state index contributed by atoms with van der Waals surface area (Å²) < 4.78 is 26.9. The van der Waals surface area contributed by atoms with Gasteiger partial charge in [0.2, 0.25) is 11.8 Å². The SMILES string of the molecule is C=C(Nc1ccc([C@@H]2CC[C@@H](c3ccc4[nH]c([C@@H]5CCCN5C(=O)CNC(=O)OC(C)(C)C)nc4c3)N2c2ccc(N3CCCCC3)c(F)c2)cc1N)[C@@H]1CCCN1C(=O)CNC(=O)OC(C)(C)C. The van der Waals surface area contributed by atoms with Crippen molar-refractivity contribution in [3.63, 3.8) is 0 Å². The highest BCUT2D eigenvalue weighted by Crippen LogP contribution is 2.49. The first-order valence-corrected chi connectivity index (χ1v) is 24.5. The van der Waals surface area contributed by atoms with Crippen LogP contribution in [0, 0.1) is 5.82 Å². The maximum Gasteiger partial charge on any atom is 0.408 e. The fourth-order valence-electron chi connectivity index (χ4n) is 10.3. The van der Waals surface area contributed by atoms with Gasteiger partial charge in [0.05, 0.1) is 52.3 Å². The third-order valence-electron chi connectivity index (χ3n) is 13.4. The molecule has 4 amide bonds. The minimum Gasteiger partial charge on any atom is -0.444 e. The van der Waals surface area contributed by atoms with Crippen LogP contribution in [-0.4, -0.2) is 100 Å². The van der Waals surface area contributed by atoms with Crippen molar-refractivity contribution in [2.45, 2.75) is 135 Å². The lowest BCUT2D eigenvalue weighted by Crippen LogP contribution is -2.45. The number of nitrogens with two attached hydrogens (primary N) is 1. The van der Waals surface area contributed by atoms with Crippen molar-refractivity contribution >= 4 is 57.8 Å². The Morgan fingerprint density at radius 3 is 1.99 bits per heavy atom. The summed E-state index contributed by atoms with van der Waals surface area (Å²) in [5.74, 6) is 0.0108. The minimum absolute atomic E-state index is 0.127. The quantitative estimate of drug-likeness (QED) is 0.0853. The van der Waals surface area contributed by atoms with Gasteiger partial charge in [-0.25, -0.2) is 19.0 Å². The van der Waals surface area contributed by atoms with Gasteiger partial charge in [0.1, 0.15) is 35.9 Å². The number of carbonyl (C=O) groups is 4. The molecule has 0 spiro atoms. The lowest BCUT2D eigenvalue weighted by molar-refractivity contribution is -0.131. The molecular weight excluding hydrogens is 880 g/mol. The van der Waals surface area contributed by atoms with Crippen LogP contribution in [0.25, 0.3) is 11.0 Å². The Balaban J connectivity index is 1.01. The van der Waals surface area contributed by atoms with Crippen molar-refractivity contribution in [1.29, 1.82) is 0 Å². The third kappa shape index (κ3) is 11.5. The number of alkyl carbamates (subject to hydrolysis) is 2. The van der Waals surface area contributed by atoms with E-state index >= 15 is 4.39 Å². The lowest BCUT2D eigenvalue weighted by atomic mass is 10.0. The molecule has 4 aliphatic heterocycles. The molecule has 0 radical (unpaired) electrons. The number of anilines is 4. The zero-order valence-corrected chi connectivity index (χ0v) is 41.0. The van der Waals surface area contributed by atoms with Gasteiger partial charge in [-0.1, -0.05) is 18.7 Å². The molecule has 0 unspecified atom stereocenters. The van der Waals surface area contributed by atoms with Crippen LogP contribution < -0.4 is 31.5 Å². The molecule has 0 bridgehead atoms. The van der Waals surface area contributed by atoms with Gasteiger partial charge in [0.15, 0.2) is 0 Å². The summed E-state index contributed by atoms with van der Waals surface area (Å²) in [6.45, 7) is 17.3. The van der Waals surface area contributed by atoms with Crippen LogP contribution in [-0.2, 0) is 19.1 Å². The standard InChI is InChI=1S/C52H69FN10O6/c1-32(41-13-11-25-61(41)46(64)30-55-49(66)68-51(2,3)4)57-38-18-15-33(27-37(38)54)42-21-22-43(63(42)35-17-20-44(36(53)29-35)60-23-9-8-10-24-60)34-16-19-39-40(28-34)59-48(58-39)45-14-12-26-62(45)47(65)31-56-50(67)69-52(5,6)7/h15-20,27-29,41-43,45,57H,1,8-14,21-26,30-31,54H2,2-7H3,(H,55,66)(H,56,67)(H,58,59)/t41-,42-,43-,45-/m0/s1. The first kappa shape index (κ1) is 48.9. The molecule has 4 saturated heterocycles. The molecule has 4 aliphatic rings. The van der Waals surface area contributed by atoms with E-state index in [1.807, 2.05) is 36.4 Å². The maximum atomic E-state index is 16.3. The number of rotatable bonds is 12. The Morgan fingerprint density at radius 1 is 0.739 bits per heavy atom. The Bertz CT molecular complexity index is 2560. The second-order valence-electron chi connectivity index (χ2n) is 20.8. The first-order chi connectivity index (χ1) is 32.8. The van der Waals surface area contributed by atoms with Crippen LogP contribution in [0.4, 0.5) is 36.7 Å². The molecule has 6 N–H and O–H groups in total. The van der Waals surface area contributed by atoms with Crippen LogP contribution in [0.2, 0.25) is 0 Å². The van der Waals surface area contributed by atoms with E-state index in [1.165, 1.54) is 0 Å². The number of H-pyrrole nitrogens is 1. The Labute approximate surface area is 404 Å². The van der Waals surface area contributed by atoms with Crippen LogP contribution in [0.5, 0.6) is 0 Å². The van der Waals surface area contributed by atoms with Crippen LogP contribution in [0.3, 0.4) is 0 Å². The molecule has 4 atom stereocenters. The number of hydrogen-bond acceptors (Lipinski definition) is 11. The highest BCUT2D eigenvalue weighted by atomic mass is 19.1. The van der Waals surface area contributed by atoms with E-state index in [1.54, 1.807) is 57.4 Å². The molecule has 0 saturated carbocycles. The van der Waals surface area contributed by atoms with Gasteiger partial charge >= 0.3 is 12.2 Å². The van der Waals surface area contributed by atoms with E-state index in [0.717, 1.165) is 92.3 Å². The van der Waals surface area contributed by atoms with Gasteiger partial charge in [0.25, 0.3) is 0 Å². The normalized spacial score (nSPS) is 20.9. The number of nitrogen functional groups attached to an aromatic ring is 1. The zero-order chi connectivity index (χ0) is 49.2. The number of imidazole rings is 1. The second kappa shape index (κ2) is 20.2.